The fourth-order valence-corrected chi connectivity index (χ4v) is 2.21. The Balaban J connectivity index is 2.35. The Bertz CT molecular complexity index is 610. The number of methoxy groups -OCH3 is 2. The third-order valence-corrected chi connectivity index (χ3v) is 3.27. The quantitative estimate of drug-likeness (QED) is 0.517. The van der Waals surface area contributed by atoms with Crippen LogP contribution in [0.25, 0.3) is 0 Å². The van der Waals surface area contributed by atoms with Crippen molar-refractivity contribution in [3.8, 4) is 11.5 Å². The number of rotatable bonds is 5. The summed E-state index contributed by atoms with van der Waals surface area (Å²) in [5, 5.41) is 4.14. The van der Waals surface area contributed by atoms with Gasteiger partial charge in [-0.3, -0.25) is 0 Å². The third kappa shape index (κ3) is 3.46. The normalized spacial score (nSPS) is 10.2. The summed E-state index contributed by atoms with van der Waals surface area (Å²) >= 11 is 7.39. The molecule has 0 bridgehead atoms. The summed E-state index contributed by atoms with van der Waals surface area (Å²) < 4.78 is 10.5. The number of hydrogen-bond acceptors (Lipinski definition) is 6. The van der Waals surface area contributed by atoms with E-state index in [1.807, 2.05) is 24.5 Å². The summed E-state index contributed by atoms with van der Waals surface area (Å²) in [5.74, 6) is 2.01. The van der Waals surface area contributed by atoms with E-state index in [9.17, 15) is 0 Å². The van der Waals surface area contributed by atoms with Crippen molar-refractivity contribution in [3.05, 3.63) is 29.4 Å². The van der Waals surface area contributed by atoms with Crippen molar-refractivity contribution in [1.29, 1.82) is 0 Å². The fourth-order valence-electron chi connectivity index (χ4n) is 1.60. The van der Waals surface area contributed by atoms with Gasteiger partial charge in [0, 0.05) is 12.1 Å². The SMILES string of the molecule is COc1ccc(OC)c(Nc2cc(Cl)nc(SC)n2)c1. The molecule has 7 heteroatoms. The van der Waals surface area contributed by atoms with Crippen molar-refractivity contribution in [2.45, 2.75) is 5.16 Å². The van der Waals surface area contributed by atoms with Crippen LogP contribution in [0.15, 0.2) is 29.4 Å². The molecule has 0 aliphatic heterocycles. The summed E-state index contributed by atoms with van der Waals surface area (Å²) in [5.41, 5.74) is 0.744. The van der Waals surface area contributed by atoms with Crippen LogP contribution in [0, 0.1) is 0 Å². The number of thioether (sulfide) groups is 1. The van der Waals surface area contributed by atoms with Crippen LogP contribution in [0.5, 0.6) is 11.5 Å². The van der Waals surface area contributed by atoms with Crippen molar-refractivity contribution in [3.63, 3.8) is 0 Å². The molecule has 1 N–H and O–H groups in total. The second-order valence-electron chi connectivity index (χ2n) is 3.75. The van der Waals surface area contributed by atoms with E-state index in [1.54, 1.807) is 20.3 Å². The first-order valence-corrected chi connectivity index (χ1v) is 7.34. The van der Waals surface area contributed by atoms with Gasteiger partial charge < -0.3 is 14.8 Å². The zero-order valence-corrected chi connectivity index (χ0v) is 12.9. The van der Waals surface area contributed by atoms with Crippen LogP contribution in [0.1, 0.15) is 0 Å². The monoisotopic (exact) mass is 311 g/mol. The lowest BCUT2D eigenvalue weighted by atomic mass is 10.2. The van der Waals surface area contributed by atoms with Gasteiger partial charge in [-0.15, -0.1) is 0 Å². The number of nitrogens with zero attached hydrogens (tertiary/aromatic N) is 2. The highest BCUT2D eigenvalue weighted by Crippen LogP contribution is 2.31. The van der Waals surface area contributed by atoms with Gasteiger partial charge in [0.05, 0.1) is 19.9 Å². The minimum atomic E-state index is 0.383. The Morgan fingerprint density at radius 2 is 1.95 bits per heavy atom. The van der Waals surface area contributed by atoms with Gasteiger partial charge in [0.1, 0.15) is 22.5 Å². The minimum absolute atomic E-state index is 0.383. The van der Waals surface area contributed by atoms with Crippen LogP contribution in [-0.4, -0.2) is 30.4 Å². The molecule has 0 radical (unpaired) electrons. The second-order valence-corrected chi connectivity index (χ2v) is 4.91. The summed E-state index contributed by atoms with van der Waals surface area (Å²) in [7, 11) is 3.21. The van der Waals surface area contributed by atoms with Crippen molar-refractivity contribution < 1.29 is 9.47 Å². The average molecular weight is 312 g/mol. The van der Waals surface area contributed by atoms with Crippen LogP contribution < -0.4 is 14.8 Å². The highest BCUT2D eigenvalue weighted by atomic mass is 35.5. The Labute approximate surface area is 126 Å². The van der Waals surface area contributed by atoms with Crippen molar-refractivity contribution in [2.24, 2.45) is 0 Å². The van der Waals surface area contributed by atoms with E-state index in [0.717, 1.165) is 11.4 Å². The topological polar surface area (TPSA) is 56.3 Å². The molecule has 1 aromatic heterocycles. The second kappa shape index (κ2) is 6.67. The molecule has 0 atom stereocenters. The number of benzene rings is 1. The van der Waals surface area contributed by atoms with Gasteiger partial charge >= 0.3 is 0 Å². The smallest absolute Gasteiger partial charge is 0.190 e. The first-order chi connectivity index (χ1) is 9.66. The zero-order valence-electron chi connectivity index (χ0n) is 11.3. The third-order valence-electron chi connectivity index (χ3n) is 2.53. The lowest BCUT2D eigenvalue weighted by Gasteiger charge is -2.12. The van der Waals surface area contributed by atoms with E-state index < -0.39 is 0 Å². The van der Waals surface area contributed by atoms with Crippen molar-refractivity contribution in [1.82, 2.24) is 9.97 Å². The average Bonchev–Trinajstić information content (AvgIpc) is 2.46. The number of anilines is 2. The maximum absolute atomic E-state index is 5.97. The van der Waals surface area contributed by atoms with Gasteiger partial charge in [0.25, 0.3) is 0 Å². The van der Waals surface area contributed by atoms with Gasteiger partial charge in [-0.2, -0.15) is 0 Å². The van der Waals surface area contributed by atoms with E-state index in [-0.39, 0.29) is 0 Å². The molecule has 0 aliphatic rings. The van der Waals surface area contributed by atoms with E-state index in [1.165, 1.54) is 11.8 Å². The maximum atomic E-state index is 5.97. The molecule has 0 unspecified atom stereocenters. The van der Waals surface area contributed by atoms with E-state index in [4.69, 9.17) is 21.1 Å². The van der Waals surface area contributed by atoms with E-state index >= 15 is 0 Å². The molecule has 0 saturated carbocycles. The predicted octanol–water partition coefficient (Wildman–Crippen LogP) is 3.61. The first-order valence-electron chi connectivity index (χ1n) is 5.74. The van der Waals surface area contributed by atoms with Crippen LogP contribution in [0.2, 0.25) is 5.15 Å². The van der Waals surface area contributed by atoms with Gasteiger partial charge in [0.2, 0.25) is 0 Å². The van der Waals surface area contributed by atoms with Crippen LogP contribution in [0.4, 0.5) is 11.5 Å². The lowest BCUT2D eigenvalue weighted by molar-refractivity contribution is 0.405. The van der Waals surface area contributed by atoms with Gasteiger partial charge in [-0.1, -0.05) is 23.4 Å². The first kappa shape index (κ1) is 14.7. The predicted molar refractivity (Wildman–Crippen MR) is 81.7 cm³/mol. The van der Waals surface area contributed by atoms with Crippen LogP contribution in [0.3, 0.4) is 0 Å². The molecule has 1 aromatic carbocycles. The molecule has 0 amide bonds. The van der Waals surface area contributed by atoms with Gasteiger partial charge in [-0.25, -0.2) is 9.97 Å². The molecular formula is C13H14ClN3O2S. The van der Waals surface area contributed by atoms with Crippen LogP contribution in [-0.2, 0) is 0 Å². The summed E-state index contributed by atoms with van der Waals surface area (Å²) in [6.45, 7) is 0. The molecule has 2 rings (SSSR count). The summed E-state index contributed by atoms with van der Waals surface area (Å²) in [6.07, 6.45) is 1.89. The summed E-state index contributed by atoms with van der Waals surface area (Å²) in [4.78, 5) is 8.43. The van der Waals surface area contributed by atoms with Gasteiger partial charge in [0.15, 0.2) is 5.16 Å². The fraction of sp³-hybridized carbons (Fsp3) is 0.231. The van der Waals surface area contributed by atoms with Crippen LogP contribution >= 0.6 is 23.4 Å². The molecule has 0 fully saturated rings. The van der Waals surface area contributed by atoms with Crippen molar-refractivity contribution in [2.75, 3.05) is 25.8 Å². The molecule has 5 nitrogen and oxygen atoms in total. The number of nitrogens with one attached hydrogen (secondary N) is 1. The van der Waals surface area contributed by atoms with E-state index in [2.05, 4.69) is 15.3 Å². The standard InChI is InChI=1S/C13H14ClN3O2S/c1-18-8-4-5-10(19-2)9(6-8)15-12-7-11(14)16-13(17-12)20-3/h4-7H,1-3H3,(H,15,16,17). The van der Waals surface area contributed by atoms with Crippen molar-refractivity contribution >= 4 is 34.9 Å². The number of aromatic nitrogens is 2. The summed E-state index contributed by atoms with van der Waals surface area (Å²) in [6, 6.07) is 7.12. The number of halogens is 1. The van der Waals surface area contributed by atoms with E-state index in [0.29, 0.717) is 21.9 Å². The molecular weight excluding hydrogens is 298 g/mol. The molecule has 106 valence electrons. The maximum Gasteiger partial charge on any atom is 0.190 e. The molecule has 0 aliphatic carbocycles. The lowest BCUT2D eigenvalue weighted by Crippen LogP contribution is -1.99. The Morgan fingerprint density at radius 1 is 1.15 bits per heavy atom. The Kier molecular flexibility index (Phi) is 4.92. The molecule has 0 spiro atoms. The zero-order chi connectivity index (χ0) is 14.5. The minimum Gasteiger partial charge on any atom is -0.497 e. The Morgan fingerprint density at radius 3 is 2.60 bits per heavy atom. The number of ether oxygens (including phenoxy) is 2. The molecule has 2 aromatic rings. The van der Waals surface area contributed by atoms with Gasteiger partial charge in [-0.05, 0) is 18.4 Å². The number of hydrogen-bond donors (Lipinski definition) is 1. The Hall–Kier alpha value is -1.66. The highest BCUT2D eigenvalue weighted by Gasteiger charge is 2.08. The largest absolute Gasteiger partial charge is 0.497 e. The molecule has 0 saturated heterocycles. The highest BCUT2D eigenvalue weighted by molar-refractivity contribution is 7.98. The molecule has 20 heavy (non-hydrogen) atoms. The molecule has 1 heterocycles.